The van der Waals surface area contributed by atoms with E-state index in [2.05, 4.69) is 15.6 Å². The van der Waals surface area contributed by atoms with Gasteiger partial charge in [-0.1, -0.05) is 18.2 Å². The number of amides is 2. The molecule has 0 bridgehead atoms. The minimum atomic E-state index is -1.00. The average Bonchev–Trinajstić information content (AvgIpc) is 2.77. The van der Waals surface area contributed by atoms with Gasteiger partial charge in [0.05, 0.1) is 30.4 Å². The Labute approximate surface area is 203 Å². The normalized spacial score (nSPS) is 11.9. The highest BCUT2D eigenvalue weighted by Crippen LogP contribution is 2.33. The molecule has 0 spiro atoms. The van der Waals surface area contributed by atoms with Gasteiger partial charge in [0.2, 0.25) is 5.91 Å². The minimum Gasteiger partial charge on any atom is -0.497 e. The van der Waals surface area contributed by atoms with Crippen molar-refractivity contribution in [1.82, 2.24) is 4.98 Å². The maximum atomic E-state index is 13.0. The first-order valence-corrected chi connectivity index (χ1v) is 11.0. The molecule has 9 nitrogen and oxygen atoms in total. The Hall–Kier alpha value is -4.14. The van der Waals surface area contributed by atoms with Gasteiger partial charge < -0.3 is 19.5 Å². The van der Waals surface area contributed by atoms with Gasteiger partial charge in [0.15, 0.2) is 0 Å². The fourth-order valence-corrected chi connectivity index (χ4v) is 3.45. The van der Waals surface area contributed by atoms with Gasteiger partial charge in [0, 0.05) is 24.1 Å². The van der Waals surface area contributed by atoms with Crippen LogP contribution in [0.4, 0.5) is 16.2 Å². The number of rotatable bonds is 7. The van der Waals surface area contributed by atoms with Gasteiger partial charge >= 0.3 is 12.1 Å². The number of para-hydroxylation sites is 1. The van der Waals surface area contributed by atoms with E-state index in [4.69, 9.17) is 14.2 Å². The molecule has 0 radical (unpaired) electrons. The van der Waals surface area contributed by atoms with Gasteiger partial charge in [-0.05, 0) is 51.1 Å². The van der Waals surface area contributed by atoms with Crippen molar-refractivity contribution >= 4 is 40.2 Å². The fourth-order valence-electron chi connectivity index (χ4n) is 3.45. The summed E-state index contributed by atoms with van der Waals surface area (Å²) >= 11 is 0. The summed E-state index contributed by atoms with van der Waals surface area (Å²) < 4.78 is 16.1. The summed E-state index contributed by atoms with van der Waals surface area (Å²) in [5.74, 6) is -0.522. The second-order valence-corrected chi connectivity index (χ2v) is 8.81. The zero-order valence-electron chi connectivity index (χ0n) is 20.4. The number of aromatic nitrogens is 1. The highest BCUT2D eigenvalue weighted by molar-refractivity contribution is 6.00. The van der Waals surface area contributed by atoms with E-state index in [1.165, 1.54) is 14.0 Å². The van der Waals surface area contributed by atoms with Crippen LogP contribution in [0.5, 0.6) is 5.75 Å². The Morgan fingerprint density at radius 3 is 2.43 bits per heavy atom. The van der Waals surface area contributed by atoms with Crippen molar-refractivity contribution in [1.29, 1.82) is 0 Å². The molecule has 0 aliphatic heterocycles. The molecule has 3 rings (SSSR count). The molecule has 0 aliphatic rings. The number of carbonyl (C=O) groups excluding carboxylic acids is 3. The minimum absolute atomic E-state index is 0.209. The molecule has 1 heterocycles. The van der Waals surface area contributed by atoms with E-state index in [1.807, 2.05) is 24.3 Å². The molecule has 1 atom stereocenters. The number of nitrogens with one attached hydrogen (secondary N) is 2. The summed E-state index contributed by atoms with van der Waals surface area (Å²) in [4.78, 5) is 41.7. The van der Waals surface area contributed by atoms with Crippen LogP contribution in [0.3, 0.4) is 0 Å². The second kappa shape index (κ2) is 10.9. The summed E-state index contributed by atoms with van der Waals surface area (Å²) in [5, 5.41) is 6.39. The molecule has 2 amide bonds. The van der Waals surface area contributed by atoms with E-state index in [1.54, 1.807) is 51.2 Å². The predicted octanol–water partition coefficient (Wildman–Crippen LogP) is 5.22. The summed E-state index contributed by atoms with van der Waals surface area (Å²) in [5.41, 5.74) is 1.18. The van der Waals surface area contributed by atoms with E-state index < -0.39 is 29.7 Å². The molecule has 0 saturated carbocycles. The molecular formula is C26H29N3O6. The maximum Gasteiger partial charge on any atom is 0.412 e. The highest BCUT2D eigenvalue weighted by atomic mass is 16.6. The molecule has 0 fully saturated rings. The number of hydrogen-bond donors (Lipinski definition) is 2. The van der Waals surface area contributed by atoms with E-state index in [0.717, 1.165) is 5.39 Å². The van der Waals surface area contributed by atoms with Gasteiger partial charge in [0.1, 0.15) is 17.5 Å². The number of benzene rings is 2. The van der Waals surface area contributed by atoms with Crippen LogP contribution in [0.15, 0.2) is 54.7 Å². The lowest BCUT2D eigenvalue weighted by Crippen LogP contribution is -2.28. The number of hydrogen-bond acceptors (Lipinski definition) is 7. The standard InChI is InChI=1S/C26H29N3O6/c1-16(30)34-22(15-23(31)28-21-10-6-8-17-9-7-13-27-24(17)21)19-14-18(33-5)11-12-20(19)29-25(32)35-26(2,3)4/h6-14,22H,15H2,1-5H3,(H,28,31)(H,29,32). The lowest BCUT2D eigenvalue weighted by atomic mass is 10.0. The van der Waals surface area contributed by atoms with Crippen molar-refractivity contribution in [3.8, 4) is 5.75 Å². The second-order valence-electron chi connectivity index (χ2n) is 8.81. The number of ether oxygens (including phenoxy) is 3. The Morgan fingerprint density at radius 2 is 1.74 bits per heavy atom. The molecule has 35 heavy (non-hydrogen) atoms. The van der Waals surface area contributed by atoms with Crippen LogP contribution >= 0.6 is 0 Å². The van der Waals surface area contributed by atoms with E-state index in [-0.39, 0.29) is 6.42 Å². The van der Waals surface area contributed by atoms with E-state index in [0.29, 0.717) is 28.2 Å². The lowest BCUT2D eigenvalue weighted by Gasteiger charge is -2.23. The van der Waals surface area contributed by atoms with Crippen LogP contribution in [0.2, 0.25) is 0 Å². The van der Waals surface area contributed by atoms with Crippen LogP contribution < -0.4 is 15.4 Å². The summed E-state index contributed by atoms with van der Waals surface area (Å²) in [7, 11) is 1.49. The average molecular weight is 480 g/mol. The van der Waals surface area contributed by atoms with Crippen molar-refractivity contribution in [2.75, 3.05) is 17.7 Å². The molecule has 3 aromatic rings. The molecule has 1 unspecified atom stereocenters. The largest absolute Gasteiger partial charge is 0.497 e. The van der Waals surface area contributed by atoms with Crippen molar-refractivity contribution in [3.63, 3.8) is 0 Å². The number of fused-ring (bicyclic) bond motifs is 1. The first-order valence-electron chi connectivity index (χ1n) is 11.0. The Kier molecular flexibility index (Phi) is 7.91. The predicted molar refractivity (Wildman–Crippen MR) is 132 cm³/mol. The summed E-state index contributed by atoms with van der Waals surface area (Å²) in [6.45, 7) is 6.49. The number of methoxy groups -OCH3 is 1. The quantitative estimate of drug-likeness (QED) is 0.446. The van der Waals surface area contributed by atoms with Gasteiger partial charge in [0.25, 0.3) is 0 Å². The Balaban J connectivity index is 1.89. The zero-order chi connectivity index (χ0) is 25.6. The monoisotopic (exact) mass is 479 g/mol. The molecule has 2 N–H and O–H groups in total. The molecule has 0 aliphatic carbocycles. The zero-order valence-corrected chi connectivity index (χ0v) is 20.4. The van der Waals surface area contributed by atoms with Crippen molar-refractivity contribution in [2.45, 2.75) is 45.8 Å². The van der Waals surface area contributed by atoms with Crippen molar-refractivity contribution in [2.24, 2.45) is 0 Å². The lowest BCUT2D eigenvalue weighted by molar-refractivity contribution is -0.147. The first kappa shape index (κ1) is 25.5. The van der Waals surface area contributed by atoms with Gasteiger partial charge in [-0.15, -0.1) is 0 Å². The Bertz CT molecular complexity index is 1230. The van der Waals surface area contributed by atoms with Gasteiger partial charge in [-0.25, -0.2) is 4.79 Å². The molecule has 2 aromatic carbocycles. The topological polar surface area (TPSA) is 116 Å². The first-order chi connectivity index (χ1) is 16.6. The van der Waals surface area contributed by atoms with Crippen LogP contribution in [0.25, 0.3) is 10.9 Å². The number of anilines is 2. The maximum absolute atomic E-state index is 13.0. The number of nitrogens with zero attached hydrogens (tertiary/aromatic N) is 1. The molecular weight excluding hydrogens is 450 g/mol. The number of pyridine rings is 1. The third-order valence-corrected chi connectivity index (χ3v) is 4.83. The Morgan fingerprint density at radius 1 is 1.00 bits per heavy atom. The van der Waals surface area contributed by atoms with Crippen LogP contribution in [0, 0.1) is 0 Å². The summed E-state index contributed by atoms with van der Waals surface area (Å²) in [6.07, 6.45) is -0.254. The third-order valence-electron chi connectivity index (χ3n) is 4.83. The number of carbonyl (C=O) groups is 3. The summed E-state index contributed by atoms with van der Waals surface area (Å²) in [6, 6.07) is 14.0. The van der Waals surface area contributed by atoms with Crippen LogP contribution in [0.1, 0.15) is 45.8 Å². The van der Waals surface area contributed by atoms with Crippen molar-refractivity contribution < 1.29 is 28.6 Å². The fraction of sp³-hybridized carbons (Fsp3) is 0.308. The van der Waals surface area contributed by atoms with Crippen LogP contribution in [-0.4, -0.2) is 35.7 Å². The van der Waals surface area contributed by atoms with Crippen LogP contribution in [-0.2, 0) is 19.1 Å². The van der Waals surface area contributed by atoms with E-state index in [9.17, 15) is 14.4 Å². The highest BCUT2D eigenvalue weighted by Gasteiger charge is 2.25. The number of esters is 1. The SMILES string of the molecule is COc1ccc(NC(=O)OC(C)(C)C)c(C(CC(=O)Nc2cccc3cccnc23)OC(C)=O)c1. The molecule has 9 heteroatoms. The molecule has 184 valence electrons. The molecule has 0 saturated heterocycles. The van der Waals surface area contributed by atoms with E-state index >= 15 is 0 Å². The van der Waals surface area contributed by atoms with Gasteiger partial charge in [-0.2, -0.15) is 0 Å². The third kappa shape index (κ3) is 7.17. The molecule has 1 aromatic heterocycles. The van der Waals surface area contributed by atoms with Gasteiger partial charge in [-0.3, -0.25) is 19.9 Å². The van der Waals surface area contributed by atoms with Crippen molar-refractivity contribution in [3.05, 3.63) is 60.3 Å². The smallest absolute Gasteiger partial charge is 0.412 e.